The zero-order chi connectivity index (χ0) is 17.0. The standard InChI is InChI=1S/C21H25N2.Na/c1-14-9-7-10-15(2)20(14)22-18(5)13-19(6)23-21-16(3)11-8-12-17(21)4;/h7-13H,1-6H3;/q-1;+1/b18-13-,23-19?;. The fourth-order valence-electron chi connectivity index (χ4n) is 2.68. The van der Waals surface area contributed by atoms with Crippen molar-refractivity contribution in [2.45, 2.75) is 41.5 Å². The molecule has 0 aliphatic rings. The van der Waals surface area contributed by atoms with Gasteiger partial charge in [0.25, 0.3) is 0 Å². The second kappa shape index (κ2) is 9.22. The van der Waals surface area contributed by atoms with Crippen LogP contribution in [-0.2, 0) is 0 Å². The van der Waals surface area contributed by atoms with Gasteiger partial charge in [-0.2, -0.15) is 5.70 Å². The molecule has 0 saturated heterocycles. The van der Waals surface area contributed by atoms with E-state index in [1.165, 1.54) is 22.3 Å². The Morgan fingerprint density at radius 2 is 1.29 bits per heavy atom. The minimum Gasteiger partial charge on any atom is -0.661 e. The Balaban J connectivity index is 0.00000288. The molecule has 0 aliphatic heterocycles. The first-order chi connectivity index (χ1) is 10.9. The van der Waals surface area contributed by atoms with Crippen LogP contribution in [0.5, 0.6) is 0 Å². The second-order valence-electron chi connectivity index (χ2n) is 6.13. The Kier molecular flexibility index (Phi) is 7.95. The molecule has 2 aromatic rings. The van der Waals surface area contributed by atoms with Crippen molar-refractivity contribution in [3.63, 3.8) is 0 Å². The fourth-order valence-corrected chi connectivity index (χ4v) is 2.68. The summed E-state index contributed by atoms with van der Waals surface area (Å²) in [4.78, 5) is 4.76. The average molecular weight is 328 g/mol. The van der Waals surface area contributed by atoms with Crippen molar-refractivity contribution in [1.29, 1.82) is 0 Å². The third-order valence-corrected chi connectivity index (χ3v) is 3.87. The van der Waals surface area contributed by atoms with E-state index < -0.39 is 0 Å². The van der Waals surface area contributed by atoms with Crippen molar-refractivity contribution in [3.05, 3.63) is 75.7 Å². The number of aryl methyl sites for hydroxylation is 4. The first-order valence-electron chi connectivity index (χ1n) is 7.96. The largest absolute Gasteiger partial charge is 1.00 e. The molecule has 120 valence electrons. The zero-order valence-electron chi connectivity index (χ0n) is 15.9. The molecule has 0 bridgehead atoms. The number of hydrogen-bond donors (Lipinski definition) is 0. The number of hydrogen-bond acceptors (Lipinski definition) is 1. The zero-order valence-corrected chi connectivity index (χ0v) is 17.9. The summed E-state index contributed by atoms with van der Waals surface area (Å²) < 4.78 is 0. The Morgan fingerprint density at radius 1 is 0.833 bits per heavy atom. The SMILES string of the molecule is CC(/C=C(/C)[N-]c1c(C)cccc1C)=Nc1c(C)cccc1C.[Na+]. The van der Waals surface area contributed by atoms with E-state index in [0.717, 1.165) is 22.8 Å². The summed E-state index contributed by atoms with van der Waals surface area (Å²) in [5, 5.41) is 4.76. The van der Waals surface area contributed by atoms with Crippen molar-refractivity contribution in [1.82, 2.24) is 0 Å². The predicted octanol–water partition coefficient (Wildman–Crippen LogP) is 3.63. The average Bonchev–Trinajstić information content (AvgIpc) is 2.47. The topological polar surface area (TPSA) is 26.5 Å². The molecule has 2 rings (SSSR count). The van der Waals surface area contributed by atoms with Crippen LogP contribution in [0.15, 0.2) is 53.2 Å². The summed E-state index contributed by atoms with van der Waals surface area (Å²) in [5.74, 6) is 0. The first-order valence-corrected chi connectivity index (χ1v) is 7.96. The number of para-hydroxylation sites is 2. The smallest absolute Gasteiger partial charge is 0.661 e. The van der Waals surface area contributed by atoms with Crippen molar-refractivity contribution >= 4 is 17.1 Å². The van der Waals surface area contributed by atoms with Crippen LogP contribution in [0, 0.1) is 27.7 Å². The summed E-state index contributed by atoms with van der Waals surface area (Å²) in [6.07, 6.45) is 2.04. The molecular formula is C21H25N2Na. The molecule has 2 aromatic carbocycles. The number of nitrogens with zero attached hydrogens (tertiary/aromatic N) is 2. The van der Waals surface area contributed by atoms with Gasteiger partial charge in [0.15, 0.2) is 0 Å². The Morgan fingerprint density at radius 3 is 1.79 bits per heavy atom. The fraction of sp³-hybridized carbons (Fsp3) is 0.286. The van der Waals surface area contributed by atoms with Crippen molar-refractivity contribution < 1.29 is 29.6 Å². The minimum absolute atomic E-state index is 0. The van der Waals surface area contributed by atoms with Crippen molar-refractivity contribution in [2.75, 3.05) is 0 Å². The maximum atomic E-state index is 4.76. The summed E-state index contributed by atoms with van der Waals surface area (Å²) >= 11 is 0. The van der Waals surface area contributed by atoms with Gasteiger partial charge in [-0.05, 0) is 45.7 Å². The van der Waals surface area contributed by atoms with E-state index in [2.05, 4.69) is 64.1 Å². The van der Waals surface area contributed by atoms with Crippen LogP contribution in [0.25, 0.3) is 5.32 Å². The summed E-state index contributed by atoms with van der Waals surface area (Å²) in [6, 6.07) is 12.5. The van der Waals surface area contributed by atoms with E-state index in [1.54, 1.807) is 0 Å². The van der Waals surface area contributed by atoms with E-state index >= 15 is 0 Å². The Hall–Kier alpha value is -1.35. The summed E-state index contributed by atoms with van der Waals surface area (Å²) in [7, 11) is 0. The monoisotopic (exact) mass is 328 g/mol. The molecule has 0 radical (unpaired) electrons. The molecule has 0 amide bonds. The van der Waals surface area contributed by atoms with Crippen LogP contribution in [-0.4, -0.2) is 5.71 Å². The molecule has 24 heavy (non-hydrogen) atoms. The number of rotatable bonds is 4. The van der Waals surface area contributed by atoms with Gasteiger partial charge in [0, 0.05) is 5.71 Å². The van der Waals surface area contributed by atoms with Crippen LogP contribution < -0.4 is 29.6 Å². The molecular weight excluding hydrogens is 303 g/mol. The number of allylic oxidation sites excluding steroid dienone is 2. The van der Waals surface area contributed by atoms with Gasteiger partial charge in [-0.25, -0.2) is 0 Å². The normalized spacial score (nSPS) is 11.9. The van der Waals surface area contributed by atoms with Crippen LogP contribution in [0.1, 0.15) is 36.1 Å². The van der Waals surface area contributed by atoms with Crippen LogP contribution >= 0.6 is 0 Å². The summed E-state index contributed by atoms with van der Waals surface area (Å²) in [6.45, 7) is 12.4. The quantitative estimate of drug-likeness (QED) is 0.605. The molecule has 0 N–H and O–H groups in total. The number of benzene rings is 2. The van der Waals surface area contributed by atoms with Gasteiger partial charge in [0.1, 0.15) is 0 Å². The molecule has 2 nitrogen and oxygen atoms in total. The maximum absolute atomic E-state index is 4.76. The van der Waals surface area contributed by atoms with Crippen molar-refractivity contribution in [2.24, 2.45) is 4.99 Å². The molecule has 0 heterocycles. The van der Waals surface area contributed by atoms with Crippen molar-refractivity contribution in [3.8, 4) is 0 Å². The van der Waals surface area contributed by atoms with Gasteiger partial charge in [0.2, 0.25) is 0 Å². The Labute approximate surface area is 168 Å². The maximum Gasteiger partial charge on any atom is 1.00 e. The molecule has 0 saturated carbocycles. The van der Waals surface area contributed by atoms with Gasteiger partial charge < -0.3 is 5.32 Å². The predicted molar refractivity (Wildman–Crippen MR) is 101 cm³/mol. The molecule has 0 aromatic heterocycles. The Bertz CT molecular complexity index is 733. The van der Waals surface area contributed by atoms with E-state index in [0.29, 0.717) is 0 Å². The molecule has 0 fully saturated rings. The van der Waals surface area contributed by atoms with E-state index in [-0.39, 0.29) is 29.6 Å². The molecule has 0 spiro atoms. The third-order valence-electron chi connectivity index (χ3n) is 3.87. The van der Waals surface area contributed by atoms with E-state index in [9.17, 15) is 0 Å². The van der Waals surface area contributed by atoms with E-state index in [1.807, 2.05) is 19.9 Å². The van der Waals surface area contributed by atoms with Gasteiger partial charge in [-0.1, -0.05) is 60.5 Å². The van der Waals surface area contributed by atoms with Gasteiger partial charge in [-0.3, -0.25) is 4.99 Å². The molecule has 0 unspecified atom stereocenters. The van der Waals surface area contributed by atoms with Crippen LogP contribution in [0.3, 0.4) is 0 Å². The van der Waals surface area contributed by atoms with Crippen LogP contribution in [0.2, 0.25) is 0 Å². The molecule has 0 aliphatic carbocycles. The molecule has 0 atom stereocenters. The summed E-state index contributed by atoms with van der Waals surface area (Å²) in [5.41, 5.74) is 8.83. The first kappa shape index (κ1) is 20.7. The molecule has 3 heteroatoms. The second-order valence-corrected chi connectivity index (χ2v) is 6.13. The van der Waals surface area contributed by atoms with Gasteiger partial charge in [0.05, 0.1) is 5.69 Å². The van der Waals surface area contributed by atoms with E-state index in [4.69, 9.17) is 10.3 Å². The van der Waals surface area contributed by atoms with Gasteiger partial charge >= 0.3 is 29.6 Å². The third kappa shape index (κ3) is 5.34. The van der Waals surface area contributed by atoms with Gasteiger partial charge in [-0.15, -0.1) is 5.69 Å². The minimum atomic E-state index is 0. The number of aliphatic imine (C=N–C) groups is 1. The van der Waals surface area contributed by atoms with Crippen LogP contribution in [0.4, 0.5) is 11.4 Å².